The van der Waals surface area contributed by atoms with Gasteiger partial charge in [0.25, 0.3) is 0 Å². The van der Waals surface area contributed by atoms with Crippen molar-refractivity contribution in [3.63, 3.8) is 0 Å². The van der Waals surface area contributed by atoms with Crippen molar-refractivity contribution < 1.29 is 9.84 Å². The van der Waals surface area contributed by atoms with Crippen LogP contribution < -0.4 is 10.1 Å². The summed E-state index contributed by atoms with van der Waals surface area (Å²) in [6.07, 6.45) is 2.62. The number of hydrogen-bond donors (Lipinski definition) is 2. The third-order valence-corrected chi connectivity index (χ3v) is 4.39. The Kier molecular flexibility index (Phi) is 5.31. The molecule has 19 heavy (non-hydrogen) atoms. The van der Waals surface area contributed by atoms with Crippen LogP contribution in [0.15, 0.2) is 36.9 Å². The average molecular weight is 279 g/mol. The summed E-state index contributed by atoms with van der Waals surface area (Å²) in [7, 11) is 0. The molecule has 0 amide bonds. The van der Waals surface area contributed by atoms with Gasteiger partial charge in [-0.25, -0.2) is 0 Å². The zero-order valence-electron chi connectivity index (χ0n) is 11.1. The van der Waals surface area contributed by atoms with E-state index in [4.69, 9.17) is 4.74 Å². The lowest BCUT2D eigenvalue weighted by Gasteiger charge is -2.21. The average Bonchev–Trinajstić information content (AvgIpc) is 2.85. The first-order valence-electron chi connectivity index (χ1n) is 6.55. The Balaban J connectivity index is 1.75. The lowest BCUT2D eigenvalue weighted by atomic mass is 10.0. The molecule has 4 heteroatoms. The molecule has 1 saturated heterocycles. The zero-order chi connectivity index (χ0) is 13.6. The van der Waals surface area contributed by atoms with Crippen molar-refractivity contribution in [1.82, 2.24) is 5.32 Å². The quantitative estimate of drug-likeness (QED) is 0.751. The van der Waals surface area contributed by atoms with Crippen molar-refractivity contribution >= 4 is 11.8 Å². The molecule has 0 saturated carbocycles. The Morgan fingerprint density at radius 3 is 2.84 bits per heavy atom. The molecular weight excluding hydrogens is 258 g/mol. The summed E-state index contributed by atoms with van der Waals surface area (Å²) in [5.41, 5.74) is 0.678. The minimum Gasteiger partial charge on any atom is -0.490 e. The van der Waals surface area contributed by atoms with Gasteiger partial charge in [0.05, 0.1) is 5.60 Å². The molecular formula is C15H21NO2S. The van der Waals surface area contributed by atoms with Gasteiger partial charge in [-0.1, -0.05) is 24.8 Å². The van der Waals surface area contributed by atoms with Crippen LogP contribution in [0.1, 0.15) is 12.0 Å². The van der Waals surface area contributed by atoms with Crippen LogP contribution in [0.4, 0.5) is 0 Å². The number of ether oxygens (including phenoxy) is 1. The molecule has 1 aromatic carbocycles. The Morgan fingerprint density at radius 1 is 1.42 bits per heavy atom. The highest BCUT2D eigenvalue weighted by atomic mass is 32.2. The zero-order valence-corrected chi connectivity index (χ0v) is 11.9. The van der Waals surface area contributed by atoms with Crippen molar-refractivity contribution in [2.24, 2.45) is 0 Å². The van der Waals surface area contributed by atoms with Gasteiger partial charge in [0, 0.05) is 18.8 Å². The lowest BCUT2D eigenvalue weighted by Crippen LogP contribution is -2.40. The first kappa shape index (κ1) is 14.4. The number of thioether (sulfide) groups is 1. The van der Waals surface area contributed by atoms with Crippen LogP contribution in [0.3, 0.4) is 0 Å². The SMILES string of the molecule is C=CCOc1ccc(CNCC2(O)CCSC2)cc1. The van der Waals surface area contributed by atoms with E-state index in [-0.39, 0.29) is 0 Å². The minimum atomic E-state index is -0.516. The van der Waals surface area contributed by atoms with E-state index in [0.717, 1.165) is 30.2 Å². The van der Waals surface area contributed by atoms with Crippen molar-refractivity contribution in [1.29, 1.82) is 0 Å². The van der Waals surface area contributed by atoms with Gasteiger partial charge in [0.15, 0.2) is 0 Å². The second-order valence-electron chi connectivity index (χ2n) is 4.87. The molecule has 0 bridgehead atoms. The molecule has 0 radical (unpaired) electrons. The fourth-order valence-electron chi connectivity index (χ4n) is 2.03. The summed E-state index contributed by atoms with van der Waals surface area (Å²) >= 11 is 1.82. The fourth-order valence-corrected chi connectivity index (χ4v) is 3.33. The second-order valence-corrected chi connectivity index (χ2v) is 5.98. The van der Waals surface area contributed by atoms with E-state index in [1.807, 2.05) is 36.0 Å². The van der Waals surface area contributed by atoms with Crippen molar-refractivity contribution in [3.05, 3.63) is 42.5 Å². The molecule has 2 N–H and O–H groups in total. The van der Waals surface area contributed by atoms with Crippen LogP contribution in [0.5, 0.6) is 5.75 Å². The van der Waals surface area contributed by atoms with Gasteiger partial charge < -0.3 is 15.2 Å². The fraction of sp³-hybridized carbons (Fsp3) is 0.467. The Bertz CT molecular complexity index is 399. The van der Waals surface area contributed by atoms with E-state index in [1.54, 1.807) is 6.08 Å². The molecule has 0 aliphatic carbocycles. The Labute approximate surface area is 119 Å². The second kappa shape index (κ2) is 6.98. The Morgan fingerprint density at radius 2 is 2.21 bits per heavy atom. The molecule has 1 aromatic rings. The van der Waals surface area contributed by atoms with Crippen LogP contribution in [0.2, 0.25) is 0 Å². The standard InChI is InChI=1S/C15H21NO2S/c1-2-8-18-14-5-3-13(4-6-14)10-16-11-15(17)7-9-19-12-15/h2-6,16-17H,1,7-12H2. The van der Waals surface area contributed by atoms with Gasteiger partial charge in [-0.15, -0.1) is 0 Å². The minimum absolute atomic E-state index is 0.516. The maximum Gasteiger partial charge on any atom is 0.119 e. The van der Waals surface area contributed by atoms with E-state index in [1.165, 1.54) is 5.56 Å². The first-order valence-corrected chi connectivity index (χ1v) is 7.71. The van der Waals surface area contributed by atoms with Gasteiger partial charge in [-0.05, 0) is 29.9 Å². The smallest absolute Gasteiger partial charge is 0.119 e. The van der Waals surface area contributed by atoms with E-state index >= 15 is 0 Å². The van der Waals surface area contributed by atoms with Crippen LogP contribution in [0, 0.1) is 0 Å². The summed E-state index contributed by atoms with van der Waals surface area (Å²) in [5.74, 6) is 2.76. The molecule has 1 aliphatic rings. The molecule has 1 atom stereocenters. The van der Waals surface area contributed by atoms with Gasteiger partial charge in [-0.2, -0.15) is 11.8 Å². The van der Waals surface area contributed by atoms with E-state index in [2.05, 4.69) is 11.9 Å². The molecule has 3 nitrogen and oxygen atoms in total. The summed E-state index contributed by atoms with van der Waals surface area (Å²) in [4.78, 5) is 0. The van der Waals surface area contributed by atoms with Crippen LogP contribution >= 0.6 is 11.8 Å². The van der Waals surface area contributed by atoms with Crippen LogP contribution in [-0.4, -0.2) is 35.4 Å². The molecule has 104 valence electrons. The predicted molar refractivity (Wildman–Crippen MR) is 80.7 cm³/mol. The monoisotopic (exact) mass is 279 g/mol. The summed E-state index contributed by atoms with van der Waals surface area (Å²) in [6, 6.07) is 8.00. The molecule has 0 spiro atoms. The highest BCUT2D eigenvalue weighted by molar-refractivity contribution is 7.99. The number of rotatable bonds is 7. The topological polar surface area (TPSA) is 41.5 Å². The predicted octanol–water partition coefficient (Wildman–Crippen LogP) is 2.21. The molecule has 1 fully saturated rings. The molecule has 1 unspecified atom stereocenters. The van der Waals surface area contributed by atoms with Crippen molar-refractivity contribution in [2.45, 2.75) is 18.6 Å². The third kappa shape index (κ3) is 4.56. The van der Waals surface area contributed by atoms with E-state index < -0.39 is 5.60 Å². The molecule has 1 aliphatic heterocycles. The van der Waals surface area contributed by atoms with Gasteiger partial charge in [0.2, 0.25) is 0 Å². The number of hydrogen-bond acceptors (Lipinski definition) is 4. The van der Waals surface area contributed by atoms with Gasteiger partial charge >= 0.3 is 0 Å². The van der Waals surface area contributed by atoms with Gasteiger partial charge in [-0.3, -0.25) is 0 Å². The third-order valence-electron chi connectivity index (χ3n) is 3.16. The van der Waals surface area contributed by atoms with E-state index in [0.29, 0.717) is 13.2 Å². The maximum absolute atomic E-state index is 10.2. The first-order chi connectivity index (χ1) is 9.22. The lowest BCUT2D eigenvalue weighted by molar-refractivity contribution is 0.0674. The molecule has 0 aromatic heterocycles. The largest absolute Gasteiger partial charge is 0.490 e. The number of benzene rings is 1. The summed E-state index contributed by atoms with van der Waals surface area (Å²) in [6.45, 7) is 5.58. The normalized spacial score (nSPS) is 22.4. The number of aliphatic hydroxyl groups is 1. The van der Waals surface area contributed by atoms with Crippen molar-refractivity contribution in [3.8, 4) is 5.75 Å². The van der Waals surface area contributed by atoms with Crippen LogP contribution in [-0.2, 0) is 6.54 Å². The Hall–Kier alpha value is -0.970. The van der Waals surface area contributed by atoms with Crippen molar-refractivity contribution in [2.75, 3.05) is 24.7 Å². The molecule has 1 heterocycles. The highest BCUT2D eigenvalue weighted by Gasteiger charge is 2.30. The summed E-state index contributed by atoms with van der Waals surface area (Å²) in [5, 5.41) is 13.5. The van der Waals surface area contributed by atoms with E-state index in [9.17, 15) is 5.11 Å². The highest BCUT2D eigenvalue weighted by Crippen LogP contribution is 2.27. The summed E-state index contributed by atoms with van der Waals surface area (Å²) < 4.78 is 5.43. The van der Waals surface area contributed by atoms with Gasteiger partial charge in [0.1, 0.15) is 12.4 Å². The maximum atomic E-state index is 10.2. The molecule has 2 rings (SSSR count). The van der Waals surface area contributed by atoms with Crippen LogP contribution in [0.25, 0.3) is 0 Å². The number of nitrogens with one attached hydrogen (secondary N) is 1.